The number of carboxylic acids is 1. The first-order valence-corrected chi connectivity index (χ1v) is 10.8. The molecule has 1 unspecified atom stereocenters. The number of nitrogens with one attached hydrogen (secondary N) is 1. The standard InChI is InChI=1S/C27H31FN2O2/c1-19(26(31)32)30(4)18-20-10-15-25(21-8-6-5-7-9-21)22(16-20)17-29-27(2,3)23-11-13-24(28)14-12-23/h5-16,19,29H,17-18H2,1-4H3,(H,31,32). The number of likely N-dealkylation sites (N-methyl/N-ethyl adjacent to an activating group) is 1. The molecule has 4 nitrogen and oxygen atoms in total. The van der Waals surface area contributed by atoms with E-state index in [2.05, 4.69) is 49.5 Å². The molecular formula is C27H31FN2O2. The summed E-state index contributed by atoms with van der Waals surface area (Å²) in [6, 6.07) is 22.5. The minimum absolute atomic E-state index is 0.247. The quantitative estimate of drug-likeness (QED) is 0.472. The Bertz CT molecular complexity index is 1050. The molecule has 168 valence electrons. The lowest BCUT2D eigenvalue weighted by molar-refractivity contribution is -0.142. The van der Waals surface area contributed by atoms with Crippen molar-refractivity contribution in [2.75, 3.05) is 7.05 Å². The molecule has 0 aliphatic rings. The summed E-state index contributed by atoms with van der Waals surface area (Å²) < 4.78 is 13.4. The third-order valence-electron chi connectivity index (χ3n) is 5.99. The molecule has 0 aromatic heterocycles. The Kier molecular flexibility index (Phi) is 7.44. The van der Waals surface area contributed by atoms with Crippen LogP contribution in [0.5, 0.6) is 0 Å². The van der Waals surface area contributed by atoms with E-state index in [1.165, 1.54) is 12.1 Å². The van der Waals surface area contributed by atoms with Gasteiger partial charge in [-0.15, -0.1) is 0 Å². The molecule has 32 heavy (non-hydrogen) atoms. The van der Waals surface area contributed by atoms with Crippen LogP contribution in [0, 0.1) is 5.82 Å². The summed E-state index contributed by atoms with van der Waals surface area (Å²) in [5.74, 6) is -1.08. The van der Waals surface area contributed by atoms with Crippen LogP contribution in [0.3, 0.4) is 0 Å². The van der Waals surface area contributed by atoms with E-state index in [0.717, 1.165) is 27.8 Å². The smallest absolute Gasteiger partial charge is 0.320 e. The number of carboxylic acid groups (broad SMARTS) is 1. The maximum absolute atomic E-state index is 13.4. The van der Waals surface area contributed by atoms with Crippen LogP contribution in [-0.4, -0.2) is 29.1 Å². The van der Waals surface area contributed by atoms with Gasteiger partial charge in [-0.05, 0) is 67.8 Å². The first kappa shape index (κ1) is 23.6. The molecule has 3 aromatic rings. The van der Waals surface area contributed by atoms with E-state index >= 15 is 0 Å². The van der Waals surface area contributed by atoms with Crippen molar-refractivity contribution < 1.29 is 14.3 Å². The molecule has 0 aliphatic carbocycles. The lowest BCUT2D eigenvalue weighted by atomic mass is 9.92. The average Bonchev–Trinajstić information content (AvgIpc) is 2.78. The van der Waals surface area contributed by atoms with E-state index in [9.17, 15) is 14.3 Å². The molecule has 3 aromatic carbocycles. The summed E-state index contributed by atoms with van der Waals surface area (Å²) in [5.41, 5.74) is 5.09. The molecule has 0 aliphatic heterocycles. The SMILES string of the molecule is CC(C(=O)O)N(C)Cc1ccc(-c2ccccc2)c(CNC(C)(C)c2ccc(F)cc2)c1. The predicted octanol–water partition coefficient (Wildman–Crippen LogP) is 5.42. The highest BCUT2D eigenvalue weighted by Gasteiger charge is 2.21. The Morgan fingerprint density at radius 2 is 1.72 bits per heavy atom. The normalized spacial score (nSPS) is 12.7. The van der Waals surface area contributed by atoms with Gasteiger partial charge in [0.1, 0.15) is 11.9 Å². The zero-order valence-electron chi connectivity index (χ0n) is 19.1. The van der Waals surface area contributed by atoms with Crippen LogP contribution in [0.4, 0.5) is 4.39 Å². The van der Waals surface area contributed by atoms with Crippen LogP contribution in [-0.2, 0) is 23.4 Å². The fourth-order valence-electron chi connectivity index (χ4n) is 3.69. The Labute approximate surface area is 189 Å². The number of nitrogens with zero attached hydrogens (tertiary/aromatic N) is 1. The summed E-state index contributed by atoms with van der Waals surface area (Å²) in [6.07, 6.45) is 0. The third-order valence-corrected chi connectivity index (χ3v) is 5.99. The maximum atomic E-state index is 13.4. The van der Waals surface area contributed by atoms with Crippen molar-refractivity contribution in [2.24, 2.45) is 0 Å². The van der Waals surface area contributed by atoms with Crippen molar-refractivity contribution in [1.29, 1.82) is 0 Å². The minimum atomic E-state index is -0.837. The van der Waals surface area contributed by atoms with Crippen LogP contribution >= 0.6 is 0 Å². The van der Waals surface area contributed by atoms with Gasteiger partial charge in [0, 0.05) is 18.6 Å². The van der Waals surface area contributed by atoms with E-state index in [-0.39, 0.29) is 11.4 Å². The van der Waals surface area contributed by atoms with Crippen LogP contribution < -0.4 is 5.32 Å². The van der Waals surface area contributed by atoms with Crippen molar-refractivity contribution in [3.63, 3.8) is 0 Å². The van der Waals surface area contributed by atoms with Crippen LogP contribution in [0.1, 0.15) is 37.5 Å². The van der Waals surface area contributed by atoms with Crippen molar-refractivity contribution in [1.82, 2.24) is 10.2 Å². The second-order valence-electron chi connectivity index (χ2n) is 8.77. The van der Waals surface area contributed by atoms with E-state index in [4.69, 9.17) is 0 Å². The zero-order chi connectivity index (χ0) is 23.3. The highest BCUT2D eigenvalue weighted by atomic mass is 19.1. The van der Waals surface area contributed by atoms with Crippen molar-refractivity contribution in [3.05, 3.63) is 95.3 Å². The van der Waals surface area contributed by atoms with E-state index in [1.54, 1.807) is 19.1 Å². The van der Waals surface area contributed by atoms with E-state index < -0.39 is 12.0 Å². The molecule has 0 spiro atoms. The average molecular weight is 435 g/mol. The van der Waals surface area contributed by atoms with Gasteiger partial charge in [-0.1, -0.05) is 60.7 Å². The fourth-order valence-corrected chi connectivity index (χ4v) is 3.69. The van der Waals surface area contributed by atoms with E-state index in [1.807, 2.05) is 30.1 Å². The van der Waals surface area contributed by atoms with Gasteiger partial charge >= 0.3 is 5.97 Å². The minimum Gasteiger partial charge on any atom is -0.480 e. The molecule has 0 amide bonds. The second kappa shape index (κ2) is 10.1. The fraction of sp³-hybridized carbons (Fsp3) is 0.296. The molecule has 2 N–H and O–H groups in total. The van der Waals surface area contributed by atoms with Crippen molar-refractivity contribution in [3.8, 4) is 11.1 Å². The van der Waals surface area contributed by atoms with Crippen LogP contribution in [0.15, 0.2) is 72.8 Å². The zero-order valence-corrected chi connectivity index (χ0v) is 19.1. The Morgan fingerprint density at radius 3 is 2.34 bits per heavy atom. The van der Waals surface area contributed by atoms with Crippen molar-refractivity contribution in [2.45, 2.75) is 45.4 Å². The first-order valence-electron chi connectivity index (χ1n) is 10.8. The first-order chi connectivity index (χ1) is 15.2. The van der Waals surface area contributed by atoms with Crippen molar-refractivity contribution >= 4 is 5.97 Å². The maximum Gasteiger partial charge on any atom is 0.320 e. The number of rotatable bonds is 9. The molecule has 5 heteroatoms. The van der Waals surface area contributed by atoms with Crippen LogP contribution in [0.2, 0.25) is 0 Å². The highest BCUT2D eigenvalue weighted by Crippen LogP contribution is 2.27. The Hall–Kier alpha value is -3.02. The topological polar surface area (TPSA) is 52.6 Å². The summed E-state index contributed by atoms with van der Waals surface area (Å²) >= 11 is 0. The Morgan fingerprint density at radius 1 is 1.06 bits per heavy atom. The molecule has 3 rings (SSSR count). The largest absolute Gasteiger partial charge is 0.480 e. The lowest BCUT2D eigenvalue weighted by Gasteiger charge is -2.28. The second-order valence-corrected chi connectivity index (χ2v) is 8.77. The van der Waals surface area contributed by atoms with Crippen LogP contribution in [0.25, 0.3) is 11.1 Å². The van der Waals surface area contributed by atoms with Gasteiger partial charge in [-0.2, -0.15) is 0 Å². The summed E-state index contributed by atoms with van der Waals surface area (Å²) in [5, 5.41) is 12.9. The molecule has 0 saturated heterocycles. The van der Waals surface area contributed by atoms with Gasteiger partial charge in [-0.3, -0.25) is 9.69 Å². The summed E-state index contributed by atoms with van der Waals surface area (Å²) in [6.45, 7) is 7.00. The molecule has 0 bridgehead atoms. The molecule has 0 saturated carbocycles. The number of aliphatic carboxylic acids is 1. The summed E-state index contributed by atoms with van der Waals surface area (Å²) in [4.78, 5) is 13.1. The number of benzene rings is 3. The lowest BCUT2D eigenvalue weighted by Crippen LogP contribution is -2.36. The number of carbonyl (C=O) groups is 1. The van der Waals surface area contributed by atoms with E-state index in [0.29, 0.717) is 13.1 Å². The van der Waals surface area contributed by atoms with Gasteiger partial charge in [-0.25, -0.2) is 4.39 Å². The Balaban J connectivity index is 1.88. The van der Waals surface area contributed by atoms with Gasteiger partial charge in [0.05, 0.1) is 0 Å². The highest BCUT2D eigenvalue weighted by molar-refractivity contribution is 5.73. The van der Waals surface area contributed by atoms with Gasteiger partial charge in [0.15, 0.2) is 0 Å². The number of halogens is 1. The molecular weight excluding hydrogens is 403 g/mol. The van der Waals surface area contributed by atoms with Gasteiger partial charge in [0.25, 0.3) is 0 Å². The monoisotopic (exact) mass is 434 g/mol. The number of hydrogen-bond acceptors (Lipinski definition) is 3. The molecule has 1 atom stereocenters. The molecule has 0 fully saturated rings. The molecule has 0 heterocycles. The molecule has 0 radical (unpaired) electrons. The third kappa shape index (κ3) is 5.81. The van der Waals surface area contributed by atoms with Gasteiger partial charge < -0.3 is 10.4 Å². The predicted molar refractivity (Wildman–Crippen MR) is 127 cm³/mol. The summed E-state index contributed by atoms with van der Waals surface area (Å²) in [7, 11) is 1.82. The van der Waals surface area contributed by atoms with Gasteiger partial charge in [0.2, 0.25) is 0 Å². The number of hydrogen-bond donors (Lipinski definition) is 2.